The van der Waals surface area contributed by atoms with E-state index in [0.29, 0.717) is 0 Å². The van der Waals surface area contributed by atoms with Crippen molar-refractivity contribution in [1.29, 1.82) is 0 Å². The van der Waals surface area contributed by atoms with Crippen LogP contribution in [0.15, 0.2) is 86.4 Å². The van der Waals surface area contributed by atoms with E-state index in [0.717, 1.165) is 18.2 Å². The highest BCUT2D eigenvalue weighted by Gasteiger charge is 2.43. The number of H-pyrrole nitrogens is 2. The third kappa shape index (κ3) is 6.01. The van der Waals surface area contributed by atoms with E-state index in [2.05, 4.69) is 24.9 Å². The van der Waals surface area contributed by atoms with Gasteiger partial charge in [-0.25, -0.2) is 29.9 Å². The SMILES string of the molecule is O=S(=O)(O)C1=CCC2C(=C1)c1nc2nc2[nH]c(nc3[nH]c(nc4nc(n1)C1C=CC(S(=O)(=O)O)=CC41)C1C=CC=C(S(=O)(=O)O)C31)c1ccc(S(=O)(=O)O)cc21. The Bertz CT molecular complexity index is 3220. The van der Waals surface area contributed by atoms with Crippen LogP contribution in [-0.4, -0.2) is 91.8 Å². The van der Waals surface area contributed by atoms with Crippen molar-refractivity contribution in [3.8, 4) is 0 Å². The van der Waals surface area contributed by atoms with Gasteiger partial charge in [0, 0.05) is 16.3 Å². The number of rotatable bonds is 4. The summed E-state index contributed by atoms with van der Waals surface area (Å²) in [5, 5.41) is 0.375. The van der Waals surface area contributed by atoms with Crippen LogP contribution in [0.3, 0.4) is 0 Å². The second-order valence-electron chi connectivity index (χ2n) is 13.3. The van der Waals surface area contributed by atoms with E-state index in [1.807, 2.05) is 0 Å². The topological polar surface area (TPSA) is 326 Å². The first kappa shape index (κ1) is 36.3. The molecule has 1 aromatic carbocycles. The van der Waals surface area contributed by atoms with Gasteiger partial charge < -0.3 is 9.97 Å². The van der Waals surface area contributed by atoms with Gasteiger partial charge in [-0.05, 0) is 42.8 Å². The fourth-order valence-corrected chi connectivity index (χ4v) is 9.95. The van der Waals surface area contributed by atoms with Crippen LogP contribution in [0.1, 0.15) is 71.0 Å². The summed E-state index contributed by atoms with van der Waals surface area (Å²) in [5.74, 6) is -4.64. The van der Waals surface area contributed by atoms with Crippen molar-refractivity contribution in [2.24, 2.45) is 0 Å². The van der Waals surface area contributed by atoms with E-state index in [9.17, 15) is 51.9 Å². The minimum atomic E-state index is -4.83. The van der Waals surface area contributed by atoms with Crippen LogP contribution in [-0.2, 0) is 40.5 Å². The molecule has 0 radical (unpaired) electrons. The average molecular weight is 841 g/mol. The van der Waals surface area contributed by atoms with E-state index in [-0.39, 0.29) is 69.0 Å². The number of nitrogens with one attached hydrogen (secondary N) is 2. The van der Waals surface area contributed by atoms with Gasteiger partial charge in [-0.15, -0.1) is 0 Å². The quantitative estimate of drug-likeness (QED) is 0.206. The molecule has 288 valence electrons. The number of aromatic amines is 2. The molecule has 6 N–H and O–H groups in total. The molecule has 5 unspecified atom stereocenters. The summed E-state index contributed by atoms with van der Waals surface area (Å²) in [6.07, 6.45) is 10.4. The number of nitrogens with zero attached hydrogens (tertiary/aromatic N) is 6. The van der Waals surface area contributed by atoms with Gasteiger partial charge in [0.15, 0.2) is 5.82 Å². The zero-order chi connectivity index (χ0) is 39.7. The second kappa shape index (κ2) is 12.1. The molecule has 56 heavy (non-hydrogen) atoms. The van der Waals surface area contributed by atoms with Gasteiger partial charge in [-0.2, -0.15) is 33.7 Å². The number of fused-ring (bicyclic) bond motifs is 20. The predicted octanol–water partition coefficient (Wildman–Crippen LogP) is 2.78. The number of hydrogen-bond acceptors (Lipinski definition) is 14. The third-order valence-corrected chi connectivity index (χ3v) is 13.6. The molecular weight excluding hydrogens is 817 g/mol. The molecular formula is C32H24N8O12S4. The maximum Gasteiger partial charge on any atom is 0.294 e. The largest absolute Gasteiger partial charge is 0.331 e. The Morgan fingerprint density at radius 2 is 1.36 bits per heavy atom. The summed E-state index contributed by atoms with van der Waals surface area (Å²) >= 11 is 0. The van der Waals surface area contributed by atoms with E-state index < -0.39 is 89.7 Å². The average Bonchev–Trinajstić information content (AvgIpc) is 3.84. The van der Waals surface area contributed by atoms with Crippen molar-refractivity contribution in [2.45, 2.75) is 40.9 Å². The Kier molecular flexibility index (Phi) is 7.83. The molecule has 20 nitrogen and oxygen atoms in total. The maximum atomic E-state index is 12.7. The smallest absolute Gasteiger partial charge is 0.294 e. The molecule has 3 aliphatic heterocycles. The van der Waals surface area contributed by atoms with Gasteiger partial charge in [-0.1, -0.05) is 30.4 Å². The molecule has 5 atom stereocenters. The Hall–Kier alpha value is -5.34. The molecule has 24 heteroatoms. The third-order valence-electron chi connectivity index (χ3n) is 10.00. The molecule has 5 heterocycles. The molecule has 8 bridgehead atoms. The molecule has 0 saturated carbocycles. The molecule has 0 amide bonds. The molecule has 6 aliphatic rings. The molecule has 0 saturated heterocycles. The van der Waals surface area contributed by atoms with E-state index in [1.165, 1.54) is 42.5 Å². The maximum absolute atomic E-state index is 12.7. The second-order valence-corrected chi connectivity index (χ2v) is 19.0. The Balaban J connectivity index is 1.41. The summed E-state index contributed by atoms with van der Waals surface area (Å²) in [4.78, 5) is 32.2. The Morgan fingerprint density at radius 1 is 0.643 bits per heavy atom. The zero-order valence-corrected chi connectivity index (χ0v) is 31.1. The number of allylic oxidation sites excluding steroid dienone is 10. The van der Waals surface area contributed by atoms with E-state index in [1.54, 1.807) is 6.08 Å². The highest BCUT2D eigenvalue weighted by Crippen LogP contribution is 2.47. The standard InChI is InChI=1S/C32H24N8O12S4/c41-53(42,43)13-4-7-16-20(10-13)29-33-25(16)35-30-22-12-15(55(47,48)49)6-9-18(22)27(37-30)39-32-24-19(2-1-3-23(24)56(50,51)52)28(40-32)38-31-21-11-14(54(44,45)46)5-8-17(21)26(34-29)36-31/h1-6,8-12,16-17,19,21,24,37H,7H2,(H,41,42,43)(H,44,45,46)(H,47,48,49)(H,50,51,52)(H,33,34,35,36,38,39,40). The van der Waals surface area contributed by atoms with Crippen molar-refractivity contribution in [3.05, 3.63) is 116 Å². The fourth-order valence-electron chi connectivity index (χ4n) is 7.47. The van der Waals surface area contributed by atoms with Gasteiger partial charge in [0.25, 0.3) is 40.5 Å². The predicted molar refractivity (Wildman–Crippen MR) is 194 cm³/mol. The van der Waals surface area contributed by atoms with Crippen molar-refractivity contribution < 1.29 is 51.9 Å². The summed E-state index contributed by atoms with van der Waals surface area (Å²) in [6, 6.07) is 3.58. The number of hydrogen-bond donors (Lipinski definition) is 6. The molecule has 3 aromatic rings. The Morgan fingerprint density at radius 3 is 2.07 bits per heavy atom. The van der Waals surface area contributed by atoms with Crippen LogP contribution in [0.4, 0.5) is 0 Å². The summed E-state index contributed by atoms with van der Waals surface area (Å²) < 4.78 is 139. The van der Waals surface area contributed by atoms with Crippen molar-refractivity contribution in [1.82, 2.24) is 39.9 Å². The molecule has 3 aliphatic carbocycles. The zero-order valence-electron chi connectivity index (χ0n) is 27.8. The van der Waals surface area contributed by atoms with Gasteiger partial charge in [0.2, 0.25) is 0 Å². The number of benzene rings is 1. The van der Waals surface area contributed by atoms with E-state index >= 15 is 0 Å². The minimum Gasteiger partial charge on any atom is -0.331 e. The molecule has 0 fully saturated rings. The van der Waals surface area contributed by atoms with Crippen molar-refractivity contribution in [3.63, 3.8) is 0 Å². The minimum absolute atomic E-state index is 0.0203. The van der Waals surface area contributed by atoms with Crippen molar-refractivity contribution >= 4 is 68.1 Å². The summed E-state index contributed by atoms with van der Waals surface area (Å²) in [7, 11) is -19.0. The summed E-state index contributed by atoms with van der Waals surface area (Å²) in [6.45, 7) is 0. The van der Waals surface area contributed by atoms with Crippen LogP contribution in [0.5, 0.6) is 0 Å². The first-order valence-corrected chi connectivity index (χ1v) is 22.0. The lowest BCUT2D eigenvalue weighted by atomic mass is 9.88. The monoisotopic (exact) mass is 840 g/mol. The molecule has 2 aromatic heterocycles. The lowest BCUT2D eigenvalue weighted by Gasteiger charge is -2.20. The fraction of sp³-hybridized carbons (Fsp3) is 0.188. The van der Waals surface area contributed by atoms with Crippen LogP contribution < -0.4 is 0 Å². The highest BCUT2D eigenvalue weighted by atomic mass is 32.2. The van der Waals surface area contributed by atoms with Crippen LogP contribution in [0.2, 0.25) is 0 Å². The Labute approximate surface area is 316 Å². The lowest BCUT2D eigenvalue weighted by Crippen LogP contribution is -2.17. The lowest BCUT2D eigenvalue weighted by molar-refractivity contribution is 0.481. The molecule has 0 spiro atoms. The van der Waals surface area contributed by atoms with Gasteiger partial charge in [-0.3, -0.25) is 18.2 Å². The first-order chi connectivity index (χ1) is 26.2. The first-order valence-electron chi connectivity index (χ1n) is 16.3. The van der Waals surface area contributed by atoms with Crippen LogP contribution in [0.25, 0.3) is 27.6 Å². The normalized spacial score (nSPS) is 24.0. The highest BCUT2D eigenvalue weighted by molar-refractivity contribution is 7.90. The van der Waals surface area contributed by atoms with Crippen LogP contribution in [0, 0.1) is 0 Å². The summed E-state index contributed by atoms with van der Waals surface area (Å²) in [5.41, 5.74) is 0.212. The van der Waals surface area contributed by atoms with Crippen LogP contribution >= 0.6 is 0 Å². The number of aromatic nitrogens is 8. The van der Waals surface area contributed by atoms with Gasteiger partial charge in [0.05, 0.1) is 49.2 Å². The van der Waals surface area contributed by atoms with Gasteiger partial charge in [0.1, 0.15) is 40.4 Å². The van der Waals surface area contributed by atoms with Gasteiger partial charge >= 0.3 is 0 Å². The van der Waals surface area contributed by atoms with Crippen molar-refractivity contribution in [2.75, 3.05) is 0 Å². The van der Waals surface area contributed by atoms with E-state index in [4.69, 9.17) is 15.0 Å². The molecule has 9 rings (SSSR count).